The number of hydrogen-bond donors (Lipinski definition) is 3. The summed E-state index contributed by atoms with van der Waals surface area (Å²) in [4.78, 5) is 0. The van der Waals surface area contributed by atoms with Crippen LogP contribution in [0.1, 0.15) is 23.1 Å². The van der Waals surface area contributed by atoms with Crippen molar-refractivity contribution in [2.45, 2.75) is 12.0 Å². The van der Waals surface area contributed by atoms with Crippen molar-refractivity contribution in [3.05, 3.63) is 47.5 Å². The second-order valence-electron chi connectivity index (χ2n) is 5.31. The van der Waals surface area contributed by atoms with E-state index < -0.39 is 12.0 Å². The van der Waals surface area contributed by atoms with Crippen molar-refractivity contribution < 1.29 is 29.5 Å². The summed E-state index contributed by atoms with van der Waals surface area (Å²) in [6, 6.07) is 9.80. The highest BCUT2D eigenvalue weighted by atomic mass is 16.5. The lowest BCUT2D eigenvalue weighted by Gasteiger charge is -2.26. The number of phenols is 2. The Morgan fingerprint density at radius 1 is 0.833 bits per heavy atom. The molecule has 0 spiro atoms. The molecule has 0 saturated carbocycles. The summed E-state index contributed by atoms with van der Waals surface area (Å²) >= 11 is 0. The van der Waals surface area contributed by atoms with E-state index in [1.165, 1.54) is 26.4 Å². The molecule has 0 radical (unpaired) electrons. The van der Waals surface area contributed by atoms with E-state index in [9.17, 15) is 15.3 Å². The van der Waals surface area contributed by atoms with Gasteiger partial charge in [0.15, 0.2) is 23.0 Å². The fraction of sp³-hybridized carbons (Fsp3) is 0.333. The van der Waals surface area contributed by atoms with Crippen molar-refractivity contribution >= 4 is 0 Å². The van der Waals surface area contributed by atoms with E-state index in [-0.39, 0.29) is 18.1 Å². The fourth-order valence-electron chi connectivity index (χ4n) is 2.70. The maximum atomic E-state index is 9.89. The van der Waals surface area contributed by atoms with Crippen LogP contribution in [-0.4, -0.2) is 43.3 Å². The van der Waals surface area contributed by atoms with Crippen LogP contribution in [0.25, 0.3) is 0 Å². The van der Waals surface area contributed by atoms with Gasteiger partial charge in [0.05, 0.1) is 26.9 Å². The second kappa shape index (κ2) is 7.90. The Balaban J connectivity index is 2.43. The van der Waals surface area contributed by atoms with Crippen molar-refractivity contribution in [2.24, 2.45) is 0 Å². The molecule has 0 saturated heterocycles. The highest BCUT2D eigenvalue weighted by molar-refractivity contribution is 5.46. The molecule has 2 aromatic carbocycles. The first-order valence-electron chi connectivity index (χ1n) is 7.43. The van der Waals surface area contributed by atoms with Gasteiger partial charge in [-0.3, -0.25) is 0 Å². The van der Waals surface area contributed by atoms with Gasteiger partial charge in [-0.1, -0.05) is 12.1 Å². The van der Waals surface area contributed by atoms with Crippen LogP contribution in [-0.2, 0) is 4.74 Å². The number of rotatable bonds is 7. The van der Waals surface area contributed by atoms with E-state index in [2.05, 4.69) is 0 Å². The zero-order valence-corrected chi connectivity index (χ0v) is 13.9. The third kappa shape index (κ3) is 3.55. The van der Waals surface area contributed by atoms with Crippen molar-refractivity contribution in [1.82, 2.24) is 0 Å². The number of ether oxygens (including phenoxy) is 3. The first-order chi connectivity index (χ1) is 11.5. The predicted molar refractivity (Wildman–Crippen MR) is 88.9 cm³/mol. The minimum Gasteiger partial charge on any atom is -0.504 e. The molecule has 24 heavy (non-hydrogen) atoms. The molecule has 6 heteroatoms. The quantitative estimate of drug-likeness (QED) is 0.721. The molecule has 0 unspecified atom stereocenters. The third-order valence-corrected chi connectivity index (χ3v) is 3.98. The molecular formula is C18H22O6. The lowest BCUT2D eigenvalue weighted by atomic mass is 9.89. The average Bonchev–Trinajstić information content (AvgIpc) is 2.61. The summed E-state index contributed by atoms with van der Waals surface area (Å²) in [5.41, 5.74) is 1.50. The smallest absolute Gasteiger partial charge is 0.160 e. The highest BCUT2D eigenvalue weighted by Gasteiger charge is 2.26. The number of methoxy groups -OCH3 is 3. The topological polar surface area (TPSA) is 88.4 Å². The van der Waals surface area contributed by atoms with Crippen LogP contribution in [0.5, 0.6) is 23.0 Å². The summed E-state index contributed by atoms with van der Waals surface area (Å²) in [7, 11) is 4.48. The molecule has 6 nitrogen and oxygen atoms in total. The third-order valence-electron chi connectivity index (χ3n) is 3.98. The van der Waals surface area contributed by atoms with Gasteiger partial charge in [0.1, 0.15) is 0 Å². The maximum absolute atomic E-state index is 9.89. The van der Waals surface area contributed by atoms with Gasteiger partial charge in [0.2, 0.25) is 0 Å². The highest BCUT2D eigenvalue weighted by Crippen LogP contribution is 2.39. The Morgan fingerprint density at radius 2 is 1.33 bits per heavy atom. The lowest BCUT2D eigenvalue weighted by molar-refractivity contribution is 0.0563. The van der Waals surface area contributed by atoms with Crippen molar-refractivity contribution in [3.63, 3.8) is 0 Å². The molecule has 0 aromatic heterocycles. The minimum absolute atomic E-state index is 0.0261. The molecule has 0 bridgehead atoms. The molecule has 0 aliphatic rings. The van der Waals surface area contributed by atoms with Crippen LogP contribution in [0.2, 0.25) is 0 Å². The number of aliphatic hydroxyl groups excluding tert-OH is 1. The first-order valence-corrected chi connectivity index (χ1v) is 7.43. The molecule has 3 N–H and O–H groups in total. The number of hydrogen-bond acceptors (Lipinski definition) is 6. The van der Waals surface area contributed by atoms with Crippen molar-refractivity contribution in [3.8, 4) is 23.0 Å². The van der Waals surface area contributed by atoms with E-state index >= 15 is 0 Å². The SMILES string of the molecule is COc1cc([C@@H](OC)[C@@H](CO)c2ccc(O)c(OC)c2)ccc1O. The van der Waals surface area contributed by atoms with Crippen molar-refractivity contribution in [1.29, 1.82) is 0 Å². The van der Waals surface area contributed by atoms with E-state index in [0.717, 1.165) is 11.1 Å². The van der Waals surface area contributed by atoms with Gasteiger partial charge < -0.3 is 29.5 Å². The van der Waals surface area contributed by atoms with Crippen LogP contribution in [0.3, 0.4) is 0 Å². The second-order valence-corrected chi connectivity index (χ2v) is 5.31. The van der Waals surface area contributed by atoms with Gasteiger partial charge in [-0.25, -0.2) is 0 Å². The summed E-state index contributed by atoms with van der Waals surface area (Å²) < 4.78 is 15.8. The van der Waals surface area contributed by atoms with Crippen LogP contribution >= 0.6 is 0 Å². The lowest BCUT2D eigenvalue weighted by Crippen LogP contribution is -2.17. The molecule has 0 amide bonds. The van der Waals surface area contributed by atoms with E-state index in [1.54, 1.807) is 31.4 Å². The zero-order valence-electron chi connectivity index (χ0n) is 13.9. The Hall–Kier alpha value is -2.44. The Kier molecular flexibility index (Phi) is 5.89. The van der Waals surface area contributed by atoms with Gasteiger partial charge in [-0.05, 0) is 35.4 Å². The molecule has 2 aromatic rings. The van der Waals surface area contributed by atoms with Crippen LogP contribution in [0.4, 0.5) is 0 Å². The number of phenolic OH excluding ortho intramolecular Hbond substituents is 2. The number of benzene rings is 2. The molecule has 2 atom stereocenters. The molecule has 0 fully saturated rings. The minimum atomic E-state index is -0.473. The zero-order chi connectivity index (χ0) is 17.7. The van der Waals surface area contributed by atoms with E-state index in [1.807, 2.05) is 0 Å². The monoisotopic (exact) mass is 334 g/mol. The summed E-state index contributed by atoms with van der Waals surface area (Å²) in [6.07, 6.45) is -0.473. The van der Waals surface area contributed by atoms with E-state index in [0.29, 0.717) is 11.5 Å². The van der Waals surface area contributed by atoms with Gasteiger partial charge in [-0.15, -0.1) is 0 Å². The van der Waals surface area contributed by atoms with E-state index in [4.69, 9.17) is 14.2 Å². The fourth-order valence-corrected chi connectivity index (χ4v) is 2.70. The van der Waals surface area contributed by atoms with Crippen LogP contribution in [0.15, 0.2) is 36.4 Å². The standard InChI is InChI=1S/C18H22O6/c1-22-16-8-11(4-6-14(16)20)13(10-19)18(24-3)12-5-7-15(21)17(9-12)23-2/h4-9,13,18-21H,10H2,1-3H3/t13-,18+/m0/s1. The average molecular weight is 334 g/mol. The Morgan fingerprint density at radius 3 is 1.79 bits per heavy atom. The molecule has 130 valence electrons. The van der Waals surface area contributed by atoms with Crippen LogP contribution in [0, 0.1) is 0 Å². The molecule has 2 rings (SSSR count). The van der Waals surface area contributed by atoms with Gasteiger partial charge in [0, 0.05) is 13.0 Å². The van der Waals surface area contributed by atoms with Crippen LogP contribution < -0.4 is 9.47 Å². The van der Waals surface area contributed by atoms with Gasteiger partial charge in [-0.2, -0.15) is 0 Å². The molecule has 0 aliphatic heterocycles. The summed E-state index contributed by atoms with van der Waals surface area (Å²) in [6.45, 7) is -0.171. The Labute approximate surface area is 140 Å². The Bertz CT molecular complexity index is 626. The number of aromatic hydroxyl groups is 2. The molecular weight excluding hydrogens is 312 g/mol. The van der Waals surface area contributed by atoms with Gasteiger partial charge >= 0.3 is 0 Å². The predicted octanol–water partition coefficient (Wildman–Crippen LogP) is 2.58. The molecule has 0 heterocycles. The summed E-state index contributed by atoms with van der Waals surface area (Å²) in [5, 5.41) is 29.4. The summed E-state index contributed by atoms with van der Waals surface area (Å²) in [5.74, 6) is 0.318. The maximum Gasteiger partial charge on any atom is 0.160 e. The number of aliphatic hydroxyl groups is 1. The normalized spacial score (nSPS) is 13.3. The largest absolute Gasteiger partial charge is 0.504 e. The first kappa shape index (κ1) is 17.9. The molecule has 0 aliphatic carbocycles. The van der Waals surface area contributed by atoms with Crippen molar-refractivity contribution in [2.75, 3.05) is 27.9 Å². The van der Waals surface area contributed by atoms with Gasteiger partial charge in [0.25, 0.3) is 0 Å².